The highest BCUT2D eigenvalue weighted by molar-refractivity contribution is 5.82. The van der Waals surface area contributed by atoms with Crippen molar-refractivity contribution in [2.75, 3.05) is 26.2 Å². The first kappa shape index (κ1) is 16.7. The molecule has 1 atom stereocenters. The van der Waals surface area contributed by atoms with E-state index < -0.39 is 0 Å². The van der Waals surface area contributed by atoms with Crippen LogP contribution in [0.2, 0.25) is 0 Å². The Kier molecular flexibility index (Phi) is 5.00. The molecule has 5 nitrogen and oxygen atoms in total. The van der Waals surface area contributed by atoms with Gasteiger partial charge in [0, 0.05) is 43.3 Å². The van der Waals surface area contributed by atoms with Crippen molar-refractivity contribution in [2.24, 2.45) is 0 Å². The number of rotatable bonds is 4. The zero-order valence-corrected chi connectivity index (χ0v) is 14.4. The lowest BCUT2D eigenvalue weighted by Crippen LogP contribution is -2.55. The number of aromatic nitrogens is 1. The van der Waals surface area contributed by atoms with Gasteiger partial charge in [-0.2, -0.15) is 0 Å². The minimum Gasteiger partial charge on any atom is -0.338 e. The molecule has 1 amide bonds. The minimum absolute atomic E-state index is 0.00251. The largest absolute Gasteiger partial charge is 0.338 e. The Morgan fingerprint density at radius 1 is 1.17 bits per heavy atom. The first-order chi connectivity index (χ1) is 11.6. The molecule has 0 N–H and O–H groups in total. The molecule has 1 aliphatic rings. The molecule has 0 saturated carbocycles. The summed E-state index contributed by atoms with van der Waals surface area (Å²) in [6, 6.07) is 9.29. The number of fused-ring (bicyclic) bond motifs is 1. The zero-order chi connectivity index (χ0) is 17.1. The first-order valence-electron chi connectivity index (χ1n) is 8.74. The lowest BCUT2D eigenvalue weighted by atomic mass is 10.1. The molecule has 128 valence electrons. The third kappa shape index (κ3) is 3.22. The van der Waals surface area contributed by atoms with Gasteiger partial charge in [-0.05, 0) is 25.1 Å². The summed E-state index contributed by atoms with van der Waals surface area (Å²) in [5.74, 6) is 0.131. The van der Waals surface area contributed by atoms with Crippen LogP contribution in [0, 0.1) is 0 Å². The van der Waals surface area contributed by atoms with Crippen molar-refractivity contribution in [2.45, 2.75) is 32.9 Å². The maximum Gasteiger partial charge on any atom is 0.242 e. The normalized spacial score (nSPS) is 18.9. The molecular weight excluding hydrogens is 302 g/mol. The summed E-state index contributed by atoms with van der Waals surface area (Å²) in [6.45, 7) is 8.28. The Labute approximate surface area is 142 Å². The van der Waals surface area contributed by atoms with Crippen LogP contribution in [0.25, 0.3) is 10.9 Å². The van der Waals surface area contributed by atoms with Crippen molar-refractivity contribution >= 4 is 16.8 Å². The molecule has 1 aliphatic heterocycles. The van der Waals surface area contributed by atoms with Crippen LogP contribution in [-0.2, 0) is 11.3 Å². The number of hydrogen-bond donors (Lipinski definition) is 0. The van der Waals surface area contributed by atoms with E-state index in [1.165, 1.54) is 0 Å². The highest BCUT2D eigenvalue weighted by atomic mass is 16.2. The van der Waals surface area contributed by atoms with Crippen molar-refractivity contribution in [1.82, 2.24) is 14.4 Å². The van der Waals surface area contributed by atoms with Gasteiger partial charge >= 0.3 is 0 Å². The number of hydrogen-bond acceptors (Lipinski definition) is 3. The summed E-state index contributed by atoms with van der Waals surface area (Å²) in [5.41, 5.74) is 0.816. The van der Waals surface area contributed by atoms with Crippen LogP contribution in [-0.4, -0.2) is 52.5 Å². The van der Waals surface area contributed by atoms with Crippen LogP contribution >= 0.6 is 0 Å². The smallest absolute Gasteiger partial charge is 0.242 e. The fourth-order valence-corrected chi connectivity index (χ4v) is 3.52. The monoisotopic (exact) mass is 327 g/mol. The predicted octanol–water partition coefficient (Wildman–Crippen LogP) is 1.94. The predicted molar refractivity (Wildman–Crippen MR) is 96.1 cm³/mol. The molecule has 1 aromatic carbocycles. The van der Waals surface area contributed by atoms with Gasteiger partial charge in [0.05, 0.1) is 5.52 Å². The average Bonchev–Trinajstić information content (AvgIpc) is 2.63. The molecule has 0 bridgehead atoms. The van der Waals surface area contributed by atoms with Gasteiger partial charge in [0.2, 0.25) is 5.91 Å². The van der Waals surface area contributed by atoms with Gasteiger partial charge in [-0.15, -0.1) is 0 Å². The second kappa shape index (κ2) is 7.18. The lowest BCUT2D eigenvalue weighted by molar-refractivity contribution is -0.136. The standard InChI is InChI=1S/C19H25N3O2/c1-3-15-13-20(4-2)11-12-22(15)19(24)14-21-10-9-18(23)16-7-5-6-8-17(16)21/h5-10,15H,3-4,11-14H2,1-2H3. The molecule has 24 heavy (non-hydrogen) atoms. The van der Waals surface area contributed by atoms with Crippen LogP contribution in [0.15, 0.2) is 41.3 Å². The molecule has 2 aromatic rings. The Balaban J connectivity index is 1.82. The fraction of sp³-hybridized carbons (Fsp3) is 0.474. The topological polar surface area (TPSA) is 45.5 Å². The molecule has 1 aromatic heterocycles. The molecule has 3 rings (SSSR count). The maximum absolute atomic E-state index is 12.9. The number of nitrogens with zero attached hydrogens (tertiary/aromatic N) is 3. The molecule has 1 unspecified atom stereocenters. The molecule has 0 aliphatic carbocycles. The van der Waals surface area contributed by atoms with E-state index in [4.69, 9.17) is 0 Å². The number of amides is 1. The number of para-hydroxylation sites is 1. The quantitative estimate of drug-likeness (QED) is 0.862. The van der Waals surface area contributed by atoms with E-state index in [-0.39, 0.29) is 23.9 Å². The summed E-state index contributed by atoms with van der Waals surface area (Å²) >= 11 is 0. The summed E-state index contributed by atoms with van der Waals surface area (Å²) in [6.07, 6.45) is 2.69. The molecule has 0 spiro atoms. The summed E-state index contributed by atoms with van der Waals surface area (Å²) in [7, 11) is 0. The lowest BCUT2D eigenvalue weighted by Gasteiger charge is -2.41. The van der Waals surface area contributed by atoms with Gasteiger partial charge in [0.15, 0.2) is 5.43 Å². The maximum atomic E-state index is 12.9. The second-order valence-electron chi connectivity index (χ2n) is 6.37. The number of likely N-dealkylation sites (N-methyl/N-ethyl adjacent to an activating group) is 1. The van der Waals surface area contributed by atoms with E-state index in [2.05, 4.69) is 18.7 Å². The van der Waals surface area contributed by atoms with Crippen LogP contribution in [0.4, 0.5) is 0 Å². The van der Waals surface area contributed by atoms with E-state index in [1.807, 2.05) is 33.7 Å². The summed E-state index contributed by atoms with van der Waals surface area (Å²) < 4.78 is 1.89. The minimum atomic E-state index is -0.00251. The fourth-order valence-electron chi connectivity index (χ4n) is 3.52. The van der Waals surface area contributed by atoms with Gasteiger partial charge in [0.25, 0.3) is 0 Å². The van der Waals surface area contributed by atoms with Crippen LogP contribution < -0.4 is 5.43 Å². The number of carbonyl (C=O) groups excluding carboxylic acids is 1. The van der Waals surface area contributed by atoms with Crippen molar-refractivity contribution < 1.29 is 4.79 Å². The van der Waals surface area contributed by atoms with Crippen molar-refractivity contribution in [3.8, 4) is 0 Å². The Bertz CT molecular complexity index is 784. The van der Waals surface area contributed by atoms with Crippen molar-refractivity contribution in [3.05, 3.63) is 46.8 Å². The van der Waals surface area contributed by atoms with Gasteiger partial charge in [-0.1, -0.05) is 26.0 Å². The highest BCUT2D eigenvalue weighted by Crippen LogP contribution is 2.15. The molecule has 0 radical (unpaired) electrons. The molecule has 2 heterocycles. The van der Waals surface area contributed by atoms with Gasteiger partial charge in [0.1, 0.15) is 6.54 Å². The Hall–Kier alpha value is -2.14. The van der Waals surface area contributed by atoms with Gasteiger partial charge in [-0.25, -0.2) is 0 Å². The first-order valence-corrected chi connectivity index (χ1v) is 8.74. The Morgan fingerprint density at radius 2 is 1.96 bits per heavy atom. The van der Waals surface area contributed by atoms with Crippen molar-refractivity contribution in [3.63, 3.8) is 0 Å². The molecule has 1 saturated heterocycles. The molecule has 1 fully saturated rings. The summed E-state index contributed by atoms with van der Waals surface area (Å²) in [5, 5.41) is 0.663. The molecule has 5 heteroatoms. The van der Waals surface area contributed by atoms with E-state index in [9.17, 15) is 9.59 Å². The van der Waals surface area contributed by atoms with Gasteiger partial charge in [-0.3, -0.25) is 14.5 Å². The van der Waals surface area contributed by atoms with Crippen LogP contribution in [0.3, 0.4) is 0 Å². The highest BCUT2D eigenvalue weighted by Gasteiger charge is 2.28. The zero-order valence-electron chi connectivity index (χ0n) is 14.4. The van der Waals surface area contributed by atoms with E-state index in [0.717, 1.165) is 38.1 Å². The number of benzene rings is 1. The van der Waals surface area contributed by atoms with E-state index in [1.54, 1.807) is 12.3 Å². The number of piperazine rings is 1. The van der Waals surface area contributed by atoms with Crippen LogP contribution in [0.1, 0.15) is 20.3 Å². The Morgan fingerprint density at radius 3 is 2.71 bits per heavy atom. The third-order valence-corrected chi connectivity index (χ3v) is 5.00. The number of carbonyl (C=O) groups is 1. The van der Waals surface area contributed by atoms with Crippen molar-refractivity contribution in [1.29, 1.82) is 0 Å². The average molecular weight is 327 g/mol. The molecular formula is C19H25N3O2. The summed E-state index contributed by atoms with van der Waals surface area (Å²) in [4.78, 5) is 29.2. The van der Waals surface area contributed by atoms with Gasteiger partial charge < -0.3 is 9.47 Å². The third-order valence-electron chi connectivity index (χ3n) is 5.00. The van der Waals surface area contributed by atoms with E-state index in [0.29, 0.717) is 5.39 Å². The van der Waals surface area contributed by atoms with E-state index >= 15 is 0 Å². The SMILES string of the molecule is CCC1CN(CC)CCN1C(=O)Cn1ccc(=O)c2ccccc21. The second-order valence-corrected chi connectivity index (χ2v) is 6.37. The van der Waals surface area contributed by atoms with Crippen LogP contribution in [0.5, 0.6) is 0 Å². The number of pyridine rings is 1.